The molecule has 0 saturated heterocycles. The van der Waals surface area contributed by atoms with Crippen molar-refractivity contribution in [3.63, 3.8) is 0 Å². The lowest BCUT2D eigenvalue weighted by molar-refractivity contribution is -0.563. The van der Waals surface area contributed by atoms with Gasteiger partial charge in [0.25, 0.3) is 0 Å². The highest BCUT2D eigenvalue weighted by Gasteiger charge is 2.57. The first-order valence-electron chi connectivity index (χ1n) is 8.02. The molecule has 5 rings (SSSR count). The predicted octanol–water partition coefficient (Wildman–Crippen LogP) is 3.96. The summed E-state index contributed by atoms with van der Waals surface area (Å²) in [4.78, 5) is 0. The van der Waals surface area contributed by atoms with E-state index in [0.29, 0.717) is 11.5 Å². The van der Waals surface area contributed by atoms with Crippen molar-refractivity contribution in [2.75, 3.05) is 0 Å². The van der Waals surface area contributed by atoms with Crippen LogP contribution in [0, 0.1) is 13.8 Å². The Hall–Kier alpha value is -2.82. The SMILES string of the molecule is Cc1ccc2c(c1)-c1cccc3[n+]1[B-](F)(O2)Oc1ccc(C)cc1-3. The molecular weight excluding hydrogens is 304 g/mol. The monoisotopic (exact) mass is 319 g/mol. The van der Waals surface area contributed by atoms with E-state index in [1.165, 1.54) is 0 Å². The number of aryl methyl sites for hydroxylation is 2. The van der Waals surface area contributed by atoms with Gasteiger partial charge in [0.15, 0.2) is 11.4 Å². The summed E-state index contributed by atoms with van der Waals surface area (Å²) >= 11 is 0. The molecule has 1 aromatic heterocycles. The number of pyridine rings is 1. The molecule has 0 saturated carbocycles. The molecule has 5 heteroatoms. The predicted molar refractivity (Wildman–Crippen MR) is 90.5 cm³/mol. The Morgan fingerprint density at radius 1 is 0.792 bits per heavy atom. The van der Waals surface area contributed by atoms with Gasteiger partial charge in [0.05, 0.1) is 22.6 Å². The summed E-state index contributed by atoms with van der Waals surface area (Å²) in [5.41, 5.74) is 5.50. The van der Waals surface area contributed by atoms with Crippen LogP contribution in [0.15, 0.2) is 54.6 Å². The molecule has 0 unspecified atom stereocenters. The third-order valence-corrected chi connectivity index (χ3v) is 4.70. The Bertz CT molecular complexity index is 944. The fourth-order valence-corrected chi connectivity index (χ4v) is 3.63. The maximum Gasteiger partial charge on any atom is 0.857 e. The van der Waals surface area contributed by atoms with E-state index < -0.39 is 6.96 Å². The Morgan fingerprint density at radius 3 is 1.79 bits per heavy atom. The minimum atomic E-state index is -3.16. The molecule has 0 spiro atoms. The first kappa shape index (κ1) is 13.6. The number of rotatable bonds is 0. The summed E-state index contributed by atoms with van der Waals surface area (Å²) in [7, 11) is 0. The zero-order valence-corrected chi connectivity index (χ0v) is 13.4. The first-order chi connectivity index (χ1) is 11.5. The van der Waals surface area contributed by atoms with E-state index in [2.05, 4.69) is 0 Å². The number of benzene rings is 2. The number of nitrogens with zero attached hydrogens (tertiary/aromatic N) is 1. The second kappa shape index (κ2) is 4.38. The van der Waals surface area contributed by atoms with Crippen LogP contribution in [0.1, 0.15) is 11.1 Å². The van der Waals surface area contributed by atoms with E-state index >= 15 is 4.32 Å². The summed E-state index contributed by atoms with van der Waals surface area (Å²) < 4.78 is 28.7. The maximum absolute atomic E-state index is 15.7. The number of hydrogen-bond donors (Lipinski definition) is 0. The second-order valence-corrected chi connectivity index (χ2v) is 6.48. The maximum atomic E-state index is 15.7. The summed E-state index contributed by atoms with van der Waals surface area (Å²) in [5, 5.41) is 0. The Labute approximate surface area is 139 Å². The van der Waals surface area contributed by atoms with Gasteiger partial charge >= 0.3 is 6.96 Å². The molecule has 2 aliphatic heterocycles. The van der Waals surface area contributed by atoms with Crippen molar-refractivity contribution in [2.24, 2.45) is 0 Å². The zero-order valence-electron chi connectivity index (χ0n) is 13.4. The average molecular weight is 319 g/mol. The molecule has 2 aromatic carbocycles. The Balaban J connectivity index is 1.88. The standard InChI is InChI=1S/C19H15BFNO2/c1-12-6-8-18-14(10-12)16-4-3-5-17-15-11-13(2)7-9-19(15)24-20(21,23-18)22(16)17/h3-11H,1-2H3. The van der Waals surface area contributed by atoms with Crippen LogP contribution in [0.3, 0.4) is 0 Å². The van der Waals surface area contributed by atoms with Crippen LogP contribution in [0.25, 0.3) is 22.5 Å². The number of halogens is 1. The van der Waals surface area contributed by atoms with E-state index in [-0.39, 0.29) is 0 Å². The molecule has 3 aromatic rings. The molecule has 3 heterocycles. The van der Waals surface area contributed by atoms with Crippen molar-refractivity contribution < 1.29 is 18.1 Å². The highest BCUT2D eigenvalue weighted by atomic mass is 19.1. The smallest absolute Gasteiger partial charge is 0.590 e. The molecule has 0 bridgehead atoms. The number of fused-ring (bicyclic) bond motifs is 4. The van der Waals surface area contributed by atoms with Gasteiger partial charge < -0.3 is 13.6 Å². The zero-order chi connectivity index (χ0) is 16.5. The van der Waals surface area contributed by atoms with E-state index in [1.54, 1.807) is 16.6 Å². The van der Waals surface area contributed by atoms with E-state index in [9.17, 15) is 0 Å². The molecule has 0 aliphatic carbocycles. The van der Waals surface area contributed by atoms with Gasteiger partial charge in [0.1, 0.15) is 0 Å². The lowest BCUT2D eigenvalue weighted by Gasteiger charge is -2.39. The van der Waals surface area contributed by atoms with Crippen LogP contribution in [0.2, 0.25) is 0 Å². The van der Waals surface area contributed by atoms with Crippen molar-refractivity contribution in [2.45, 2.75) is 13.8 Å². The fraction of sp³-hybridized carbons (Fsp3) is 0.105. The van der Waals surface area contributed by atoms with Gasteiger partial charge in [-0.25, -0.2) is 0 Å². The number of aromatic nitrogens is 1. The molecule has 118 valence electrons. The van der Waals surface area contributed by atoms with Crippen LogP contribution < -0.4 is 13.8 Å². The lowest BCUT2D eigenvalue weighted by atomic mass is 9.86. The summed E-state index contributed by atoms with van der Waals surface area (Å²) in [6, 6.07) is 17.2. The van der Waals surface area contributed by atoms with Crippen LogP contribution in [-0.2, 0) is 0 Å². The van der Waals surface area contributed by atoms with Crippen LogP contribution in [-0.4, -0.2) is 6.96 Å². The van der Waals surface area contributed by atoms with Gasteiger partial charge in [-0.2, -0.15) is 0 Å². The summed E-state index contributed by atoms with van der Waals surface area (Å²) in [6.07, 6.45) is 0. The van der Waals surface area contributed by atoms with E-state index in [4.69, 9.17) is 9.31 Å². The van der Waals surface area contributed by atoms with E-state index in [0.717, 1.165) is 33.6 Å². The van der Waals surface area contributed by atoms with Crippen molar-refractivity contribution in [1.29, 1.82) is 0 Å². The van der Waals surface area contributed by atoms with Gasteiger partial charge in [-0.1, -0.05) is 23.3 Å². The molecule has 0 amide bonds. The quantitative estimate of drug-likeness (QED) is 0.585. The Morgan fingerprint density at radius 2 is 1.29 bits per heavy atom. The number of hydrogen-bond acceptors (Lipinski definition) is 2. The van der Waals surface area contributed by atoms with Gasteiger partial charge in [0.2, 0.25) is 0 Å². The normalized spacial score (nSPS) is 15.5. The van der Waals surface area contributed by atoms with Gasteiger partial charge in [-0.3, -0.25) is 4.48 Å². The van der Waals surface area contributed by atoms with E-state index in [1.807, 2.05) is 56.3 Å². The molecule has 24 heavy (non-hydrogen) atoms. The van der Waals surface area contributed by atoms with Crippen molar-refractivity contribution >= 4 is 6.96 Å². The topological polar surface area (TPSA) is 22.3 Å². The van der Waals surface area contributed by atoms with Crippen molar-refractivity contribution in [3.8, 4) is 34.0 Å². The summed E-state index contributed by atoms with van der Waals surface area (Å²) in [6.45, 7) is 0.866. The molecule has 3 nitrogen and oxygen atoms in total. The minimum Gasteiger partial charge on any atom is -0.590 e. The molecule has 0 N–H and O–H groups in total. The van der Waals surface area contributed by atoms with Crippen molar-refractivity contribution in [3.05, 3.63) is 65.7 Å². The molecular formula is C19H15BFNO2. The van der Waals surface area contributed by atoms with Gasteiger partial charge in [-0.15, -0.1) is 0 Å². The average Bonchev–Trinajstić information content (AvgIpc) is 2.56. The first-order valence-corrected chi connectivity index (χ1v) is 8.02. The van der Waals surface area contributed by atoms with Crippen LogP contribution in [0.4, 0.5) is 4.32 Å². The molecule has 2 aliphatic rings. The Kier molecular flexibility index (Phi) is 2.48. The lowest BCUT2D eigenvalue weighted by Crippen LogP contribution is -2.74. The molecule has 0 radical (unpaired) electrons. The van der Waals surface area contributed by atoms with Gasteiger partial charge in [0, 0.05) is 12.1 Å². The van der Waals surface area contributed by atoms with Crippen LogP contribution >= 0.6 is 0 Å². The third-order valence-electron chi connectivity index (χ3n) is 4.70. The van der Waals surface area contributed by atoms with Crippen LogP contribution in [0.5, 0.6) is 11.5 Å². The largest absolute Gasteiger partial charge is 0.857 e. The fourth-order valence-electron chi connectivity index (χ4n) is 3.63. The van der Waals surface area contributed by atoms with Crippen molar-refractivity contribution in [1.82, 2.24) is 0 Å². The molecule has 0 fully saturated rings. The highest BCUT2D eigenvalue weighted by molar-refractivity contribution is 6.53. The molecule has 0 atom stereocenters. The second-order valence-electron chi connectivity index (χ2n) is 6.48. The highest BCUT2D eigenvalue weighted by Crippen LogP contribution is 2.42. The minimum absolute atomic E-state index is 0.510. The third kappa shape index (κ3) is 1.69. The van der Waals surface area contributed by atoms with Gasteiger partial charge in [-0.05, 0) is 44.2 Å². The summed E-state index contributed by atoms with van der Waals surface area (Å²) in [5.74, 6) is 1.02.